The van der Waals surface area contributed by atoms with Crippen LogP contribution in [0.5, 0.6) is 0 Å². The highest BCUT2D eigenvalue weighted by atomic mass is 16.4. The Morgan fingerprint density at radius 3 is 2.78 bits per heavy atom. The lowest BCUT2D eigenvalue weighted by Gasteiger charge is -2.21. The normalized spacial score (nSPS) is 17.9. The van der Waals surface area contributed by atoms with Gasteiger partial charge in [-0.2, -0.15) is 0 Å². The van der Waals surface area contributed by atoms with Crippen LogP contribution in [0.15, 0.2) is 30.3 Å². The number of carbonyl (C=O) groups is 2. The first-order valence-corrected chi connectivity index (χ1v) is 8.07. The smallest absolute Gasteiger partial charge is 0.320 e. The fourth-order valence-corrected chi connectivity index (χ4v) is 2.89. The van der Waals surface area contributed by atoms with E-state index in [1.54, 1.807) is 4.90 Å². The number of amides is 1. The van der Waals surface area contributed by atoms with Crippen LogP contribution in [-0.2, 0) is 9.59 Å². The van der Waals surface area contributed by atoms with Crippen LogP contribution in [-0.4, -0.2) is 61.2 Å². The summed E-state index contributed by atoms with van der Waals surface area (Å²) in [6, 6.07) is 9.59. The molecule has 1 aliphatic heterocycles. The number of hydrogen-bond acceptors (Lipinski definition) is 4. The summed E-state index contributed by atoms with van der Waals surface area (Å²) in [6.07, 6.45) is 2.32. The number of nitrogens with one attached hydrogen (secondary N) is 1. The van der Waals surface area contributed by atoms with Crippen molar-refractivity contribution in [2.24, 2.45) is 0 Å². The molecule has 2 rings (SSSR count). The number of carbonyl (C=O) groups excluding carboxylic acids is 1. The van der Waals surface area contributed by atoms with E-state index in [-0.39, 0.29) is 12.5 Å². The van der Waals surface area contributed by atoms with E-state index in [4.69, 9.17) is 5.11 Å². The second kappa shape index (κ2) is 8.53. The zero-order valence-electron chi connectivity index (χ0n) is 13.6. The van der Waals surface area contributed by atoms with E-state index in [1.165, 1.54) is 0 Å². The minimum atomic E-state index is -0.834. The predicted octanol–water partition coefficient (Wildman–Crippen LogP) is 1.18. The van der Waals surface area contributed by atoms with Crippen molar-refractivity contribution >= 4 is 17.6 Å². The molecule has 1 saturated heterocycles. The largest absolute Gasteiger partial charge is 0.480 e. The van der Waals surface area contributed by atoms with Crippen LogP contribution in [0.3, 0.4) is 0 Å². The third kappa shape index (κ3) is 5.25. The zero-order chi connectivity index (χ0) is 16.7. The summed E-state index contributed by atoms with van der Waals surface area (Å²) in [6.45, 7) is 2.31. The Balaban J connectivity index is 1.64. The Morgan fingerprint density at radius 2 is 2.09 bits per heavy atom. The first-order valence-electron chi connectivity index (χ1n) is 8.07. The van der Waals surface area contributed by atoms with Gasteiger partial charge in [-0.25, -0.2) is 0 Å². The summed E-state index contributed by atoms with van der Waals surface area (Å²) < 4.78 is 0. The topological polar surface area (TPSA) is 72.9 Å². The number of carboxylic acid groups (broad SMARTS) is 1. The minimum absolute atomic E-state index is 0.0967. The highest BCUT2D eigenvalue weighted by Gasteiger charge is 2.31. The summed E-state index contributed by atoms with van der Waals surface area (Å²) in [5.41, 5.74) is 1.15. The first kappa shape index (κ1) is 17.3. The van der Waals surface area contributed by atoms with E-state index in [2.05, 4.69) is 22.3 Å². The number of benzene rings is 1. The van der Waals surface area contributed by atoms with Gasteiger partial charge >= 0.3 is 5.97 Å². The molecular formula is C17H25N3O3. The number of aliphatic carboxylic acids is 1. The van der Waals surface area contributed by atoms with E-state index in [9.17, 15) is 9.59 Å². The van der Waals surface area contributed by atoms with Gasteiger partial charge in [0.2, 0.25) is 5.91 Å². The highest BCUT2D eigenvalue weighted by molar-refractivity contribution is 5.80. The maximum Gasteiger partial charge on any atom is 0.320 e. The first-order chi connectivity index (χ1) is 11.1. The van der Waals surface area contributed by atoms with Gasteiger partial charge in [-0.3, -0.25) is 14.5 Å². The number of hydrogen-bond donors (Lipinski definition) is 2. The summed E-state index contributed by atoms with van der Waals surface area (Å²) in [4.78, 5) is 26.9. The Morgan fingerprint density at radius 1 is 1.35 bits per heavy atom. The van der Waals surface area contributed by atoms with Gasteiger partial charge in [-0.1, -0.05) is 18.2 Å². The van der Waals surface area contributed by atoms with Crippen LogP contribution in [0.4, 0.5) is 5.69 Å². The van der Waals surface area contributed by atoms with Crippen molar-refractivity contribution in [3.63, 3.8) is 0 Å². The van der Waals surface area contributed by atoms with E-state index < -0.39 is 12.0 Å². The third-order valence-electron chi connectivity index (χ3n) is 4.18. The van der Waals surface area contributed by atoms with Crippen molar-refractivity contribution < 1.29 is 14.7 Å². The molecule has 6 heteroatoms. The van der Waals surface area contributed by atoms with Gasteiger partial charge in [0, 0.05) is 25.8 Å². The Bertz CT molecular complexity index is 521. The Hall–Kier alpha value is -2.08. The lowest BCUT2D eigenvalue weighted by Crippen LogP contribution is -2.43. The molecule has 0 aromatic heterocycles. The highest BCUT2D eigenvalue weighted by Crippen LogP contribution is 2.16. The number of anilines is 1. The lowest BCUT2D eigenvalue weighted by molar-refractivity contribution is -0.142. The molecule has 6 nitrogen and oxygen atoms in total. The minimum Gasteiger partial charge on any atom is -0.480 e. The van der Waals surface area contributed by atoms with Crippen LogP contribution in [0.1, 0.15) is 19.3 Å². The van der Waals surface area contributed by atoms with Crippen LogP contribution in [0, 0.1) is 0 Å². The van der Waals surface area contributed by atoms with Crippen molar-refractivity contribution in [3.05, 3.63) is 30.3 Å². The van der Waals surface area contributed by atoms with Crippen molar-refractivity contribution in [1.29, 1.82) is 0 Å². The zero-order valence-corrected chi connectivity index (χ0v) is 13.6. The molecular weight excluding hydrogens is 294 g/mol. The second-order valence-electron chi connectivity index (χ2n) is 5.93. The molecule has 0 spiro atoms. The fourth-order valence-electron chi connectivity index (χ4n) is 2.89. The fraction of sp³-hybridized carbons (Fsp3) is 0.529. The van der Waals surface area contributed by atoms with Crippen LogP contribution < -0.4 is 10.2 Å². The van der Waals surface area contributed by atoms with E-state index in [0.717, 1.165) is 25.1 Å². The average Bonchev–Trinajstić information content (AvgIpc) is 3.00. The van der Waals surface area contributed by atoms with Gasteiger partial charge in [0.05, 0.1) is 6.54 Å². The van der Waals surface area contributed by atoms with Crippen molar-refractivity contribution in [1.82, 2.24) is 10.2 Å². The molecule has 1 fully saturated rings. The van der Waals surface area contributed by atoms with Gasteiger partial charge in [-0.15, -0.1) is 0 Å². The van der Waals surface area contributed by atoms with Gasteiger partial charge in [0.1, 0.15) is 6.04 Å². The molecule has 126 valence electrons. The molecule has 1 aromatic rings. The van der Waals surface area contributed by atoms with Crippen molar-refractivity contribution in [2.75, 3.05) is 38.1 Å². The number of nitrogens with zero attached hydrogens (tertiary/aromatic N) is 2. The van der Waals surface area contributed by atoms with Crippen molar-refractivity contribution in [3.8, 4) is 0 Å². The second-order valence-corrected chi connectivity index (χ2v) is 5.93. The molecule has 0 saturated carbocycles. The molecule has 0 aliphatic carbocycles. The summed E-state index contributed by atoms with van der Waals surface area (Å²) in [5, 5.41) is 12.0. The number of para-hydroxylation sites is 1. The number of likely N-dealkylation sites (tertiary alicyclic amines) is 1. The molecule has 2 N–H and O–H groups in total. The molecule has 1 aliphatic rings. The maximum absolute atomic E-state index is 11.9. The molecule has 0 radical (unpaired) electrons. The number of carboxylic acids is 1. The molecule has 1 atom stereocenters. The number of rotatable bonds is 8. The average molecular weight is 319 g/mol. The Kier molecular flexibility index (Phi) is 6.40. The lowest BCUT2D eigenvalue weighted by atomic mass is 10.2. The summed E-state index contributed by atoms with van der Waals surface area (Å²) >= 11 is 0. The standard InChI is InChI=1S/C17H25N3O3/c1-19(14-7-3-2-4-8-14)11-6-10-18-16(21)13-20-12-5-9-15(20)17(22)23/h2-4,7-8,15H,5-6,9-13H2,1H3,(H,18,21)(H,22,23). The molecule has 1 heterocycles. The van der Waals surface area contributed by atoms with Gasteiger partial charge < -0.3 is 15.3 Å². The van der Waals surface area contributed by atoms with E-state index >= 15 is 0 Å². The van der Waals surface area contributed by atoms with Gasteiger partial charge in [-0.05, 0) is 37.9 Å². The molecule has 23 heavy (non-hydrogen) atoms. The summed E-state index contributed by atoms with van der Waals surface area (Å²) in [5.74, 6) is -0.930. The van der Waals surface area contributed by atoms with E-state index in [1.807, 2.05) is 25.2 Å². The predicted molar refractivity (Wildman–Crippen MR) is 89.6 cm³/mol. The monoisotopic (exact) mass is 319 g/mol. The SMILES string of the molecule is CN(CCCNC(=O)CN1CCCC1C(=O)O)c1ccccc1. The van der Waals surface area contributed by atoms with Crippen molar-refractivity contribution in [2.45, 2.75) is 25.3 Å². The summed E-state index contributed by atoms with van der Waals surface area (Å²) in [7, 11) is 2.03. The van der Waals surface area contributed by atoms with Crippen LogP contribution in [0.2, 0.25) is 0 Å². The van der Waals surface area contributed by atoms with Gasteiger partial charge in [0.15, 0.2) is 0 Å². The van der Waals surface area contributed by atoms with E-state index in [0.29, 0.717) is 19.5 Å². The quantitative estimate of drug-likeness (QED) is 0.704. The Labute approximate surface area is 137 Å². The molecule has 1 aromatic carbocycles. The third-order valence-corrected chi connectivity index (χ3v) is 4.18. The molecule has 0 bridgehead atoms. The molecule has 1 unspecified atom stereocenters. The van der Waals surface area contributed by atoms with Gasteiger partial charge in [0.25, 0.3) is 0 Å². The molecule has 1 amide bonds. The van der Waals surface area contributed by atoms with Crippen LogP contribution >= 0.6 is 0 Å². The van der Waals surface area contributed by atoms with Crippen LogP contribution in [0.25, 0.3) is 0 Å². The maximum atomic E-state index is 11.9.